The molecular formula is C25H29N3O3. The fourth-order valence-corrected chi connectivity index (χ4v) is 5.30. The molecule has 2 bridgehead atoms. The van der Waals surface area contributed by atoms with Crippen LogP contribution in [0.1, 0.15) is 45.3 Å². The van der Waals surface area contributed by atoms with Gasteiger partial charge in [0.15, 0.2) is 5.76 Å². The van der Waals surface area contributed by atoms with E-state index in [9.17, 15) is 9.59 Å². The van der Waals surface area contributed by atoms with Crippen LogP contribution in [-0.2, 0) is 13.1 Å². The van der Waals surface area contributed by atoms with E-state index in [0.717, 1.165) is 39.8 Å². The molecule has 0 saturated carbocycles. The summed E-state index contributed by atoms with van der Waals surface area (Å²) < 4.78 is 7.96. The van der Waals surface area contributed by atoms with Gasteiger partial charge in [-0.25, -0.2) is 0 Å². The van der Waals surface area contributed by atoms with Crippen molar-refractivity contribution in [2.45, 2.75) is 39.3 Å². The van der Waals surface area contributed by atoms with Crippen molar-refractivity contribution in [2.75, 3.05) is 27.2 Å². The van der Waals surface area contributed by atoms with Gasteiger partial charge in [-0.3, -0.25) is 9.59 Å². The monoisotopic (exact) mass is 419 g/mol. The first kappa shape index (κ1) is 20.1. The van der Waals surface area contributed by atoms with Crippen molar-refractivity contribution >= 4 is 16.9 Å². The van der Waals surface area contributed by atoms with Crippen LogP contribution in [0.25, 0.3) is 11.0 Å². The van der Waals surface area contributed by atoms with Gasteiger partial charge in [-0.2, -0.15) is 0 Å². The number of amides is 1. The lowest BCUT2D eigenvalue weighted by Gasteiger charge is -2.42. The van der Waals surface area contributed by atoms with Crippen molar-refractivity contribution in [3.05, 3.63) is 68.8 Å². The summed E-state index contributed by atoms with van der Waals surface area (Å²) in [5.41, 5.74) is 4.78. The van der Waals surface area contributed by atoms with Crippen molar-refractivity contribution in [3.8, 4) is 0 Å². The maximum absolute atomic E-state index is 13.4. The second-order valence-electron chi connectivity index (χ2n) is 9.50. The fraction of sp³-hybridized carbons (Fsp3) is 0.440. The van der Waals surface area contributed by atoms with Gasteiger partial charge in [0.25, 0.3) is 11.5 Å². The summed E-state index contributed by atoms with van der Waals surface area (Å²) in [6.07, 6.45) is 1.02. The van der Waals surface area contributed by atoms with E-state index in [-0.39, 0.29) is 23.3 Å². The molecule has 1 amide bonds. The molecule has 1 saturated heterocycles. The highest BCUT2D eigenvalue weighted by Crippen LogP contribution is 2.36. The zero-order chi connectivity index (χ0) is 21.9. The Morgan fingerprint density at radius 1 is 1.13 bits per heavy atom. The summed E-state index contributed by atoms with van der Waals surface area (Å²) in [6.45, 7) is 6.58. The minimum absolute atomic E-state index is 0.0407. The maximum Gasteiger partial charge on any atom is 0.289 e. The summed E-state index contributed by atoms with van der Waals surface area (Å²) >= 11 is 0. The molecule has 2 aromatic heterocycles. The number of hydrogen-bond acceptors (Lipinski definition) is 4. The highest BCUT2D eigenvalue weighted by atomic mass is 16.3. The van der Waals surface area contributed by atoms with Gasteiger partial charge < -0.3 is 18.8 Å². The van der Waals surface area contributed by atoms with Gasteiger partial charge in [0.2, 0.25) is 0 Å². The number of benzene rings is 1. The van der Waals surface area contributed by atoms with Gasteiger partial charge in [0, 0.05) is 54.3 Å². The predicted molar refractivity (Wildman–Crippen MR) is 121 cm³/mol. The maximum atomic E-state index is 13.4. The van der Waals surface area contributed by atoms with Crippen LogP contribution in [0.4, 0.5) is 0 Å². The van der Waals surface area contributed by atoms with E-state index in [2.05, 4.69) is 6.07 Å². The SMILES string of the molecule is Cc1ccc2c(C)c(C(=O)N3C[C@@H]4C[C@H](C3)c3ccc(CN(C)C)c(=O)n3C4)oc2c1. The highest BCUT2D eigenvalue weighted by Gasteiger charge is 2.38. The minimum Gasteiger partial charge on any atom is -0.451 e. The van der Waals surface area contributed by atoms with Gasteiger partial charge in [0.1, 0.15) is 5.58 Å². The third-order valence-electron chi connectivity index (χ3n) is 6.74. The van der Waals surface area contributed by atoms with Crippen molar-refractivity contribution in [2.24, 2.45) is 5.92 Å². The Kier molecular flexibility index (Phi) is 4.77. The van der Waals surface area contributed by atoms with E-state index in [4.69, 9.17) is 4.42 Å². The normalized spacial score (nSPS) is 20.4. The number of nitrogens with zero attached hydrogens (tertiary/aromatic N) is 3. The third-order valence-corrected chi connectivity index (χ3v) is 6.74. The fourth-order valence-electron chi connectivity index (χ4n) is 5.30. The number of fused-ring (bicyclic) bond motifs is 5. The number of carbonyl (C=O) groups is 1. The lowest BCUT2D eigenvalue weighted by Crippen LogP contribution is -2.49. The van der Waals surface area contributed by atoms with E-state index in [0.29, 0.717) is 31.9 Å². The number of rotatable bonds is 3. The molecule has 0 N–H and O–H groups in total. The van der Waals surface area contributed by atoms with Crippen LogP contribution < -0.4 is 5.56 Å². The Hall–Kier alpha value is -2.86. The zero-order valence-corrected chi connectivity index (χ0v) is 18.6. The molecule has 4 heterocycles. The summed E-state index contributed by atoms with van der Waals surface area (Å²) in [6, 6.07) is 10.1. The van der Waals surface area contributed by atoms with Crippen molar-refractivity contribution in [1.82, 2.24) is 14.4 Å². The Balaban J connectivity index is 1.45. The third kappa shape index (κ3) is 3.39. The van der Waals surface area contributed by atoms with E-state index in [1.807, 2.05) is 66.6 Å². The topological polar surface area (TPSA) is 58.7 Å². The number of likely N-dealkylation sites (tertiary alicyclic amines) is 1. The number of hydrogen-bond donors (Lipinski definition) is 0. The van der Waals surface area contributed by atoms with Gasteiger partial charge in [-0.05, 0) is 58.0 Å². The van der Waals surface area contributed by atoms with E-state index in [1.54, 1.807) is 0 Å². The molecule has 31 heavy (non-hydrogen) atoms. The largest absolute Gasteiger partial charge is 0.451 e. The highest BCUT2D eigenvalue weighted by molar-refractivity contribution is 5.99. The van der Waals surface area contributed by atoms with Gasteiger partial charge in [-0.1, -0.05) is 18.2 Å². The minimum atomic E-state index is -0.0407. The number of aromatic nitrogens is 1. The molecule has 0 aliphatic carbocycles. The Bertz CT molecular complexity index is 1240. The summed E-state index contributed by atoms with van der Waals surface area (Å²) in [4.78, 5) is 30.4. The number of aryl methyl sites for hydroxylation is 2. The van der Waals surface area contributed by atoms with Crippen LogP contribution in [0.15, 0.2) is 39.5 Å². The van der Waals surface area contributed by atoms with Crippen molar-refractivity contribution in [1.29, 1.82) is 0 Å². The molecule has 6 nitrogen and oxygen atoms in total. The first-order valence-electron chi connectivity index (χ1n) is 11.0. The van der Waals surface area contributed by atoms with Gasteiger partial charge in [-0.15, -0.1) is 0 Å². The molecule has 5 rings (SSSR count). The second kappa shape index (κ2) is 7.38. The lowest BCUT2D eigenvalue weighted by molar-refractivity contribution is 0.0564. The molecular weight excluding hydrogens is 390 g/mol. The molecule has 2 aliphatic rings. The van der Waals surface area contributed by atoms with Crippen LogP contribution in [-0.4, -0.2) is 47.5 Å². The first-order valence-corrected chi connectivity index (χ1v) is 11.0. The average molecular weight is 420 g/mol. The Morgan fingerprint density at radius 3 is 2.71 bits per heavy atom. The predicted octanol–water partition coefficient (Wildman–Crippen LogP) is 3.53. The quantitative estimate of drug-likeness (QED) is 0.652. The van der Waals surface area contributed by atoms with Gasteiger partial charge in [0.05, 0.1) is 0 Å². The van der Waals surface area contributed by atoms with Crippen LogP contribution in [0.3, 0.4) is 0 Å². The smallest absolute Gasteiger partial charge is 0.289 e. The summed E-state index contributed by atoms with van der Waals surface area (Å²) in [5.74, 6) is 0.874. The van der Waals surface area contributed by atoms with E-state index >= 15 is 0 Å². The van der Waals surface area contributed by atoms with Crippen LogP contribution >= 0.6 is 0 Å². The Morgan fingerprint density at radius 2 is 1.94 bits per heavy atom. The first-order chi connectivity index (χ1) is 14.8. The molecule has 2 atom stereocenters. The summed E-state index contributed by atoms with van der Waals surface area (Å²) in [5, 5.41) is 0.997. The van der Waals surface area contributed by atoms with Crippen molar-refractivity contribution in [3.63, 3.8) is 0 Å². The molecule has 1 fully saturated rings. The molecule has 0 unspecified atom stereocenters. The standard InChI is InChI=1S/C25H29N3O3/c1-15-5-7-20-16(2)23(31-22(20)9-15)25(30)27-11-17-10-19(14-27)21-8-6-18(13-26(3)4)24(29)28(21)12-17/h5-9,17,19H,10-14H2,1-4H3/t17-,19+/m0/s1. The number of pyridine rings is 1. The number of furan rings is 1. The second-order valence-corrected chi connectivity index (χ2v) is 9.50. The van der Waals surface area contributed by atoms with E-state index < -0.39 is 0 Å². The van der Waals surface area contributed by atoms with Crippen LogP contribution in [0.2, 0.25) is 0 Å². The number of carbonyl (C=O) groups excluding carboxylic acids is 1. The Labute approximate surface area is 182 Å². The van der Waals surface area contributed by atoms with E-state index in [1.165, 1.54) is 0 Å². The molecule has 0 spiro atoms. The summed E-state index contributed by atoms with van der Waals surface area (Å²) in [7, 11) is 3.95. The molecule has 1 aromatic carbocycles. The molecule has 0 radical (unpaired) electrons. The van der Waals surface area contributed by atoms with Crippen LogP contribution in [0.5, 0.6) is 0 Å². The van der Waals surface area contributed by atoms with Crippen LogP contribution in [0, 0.1) is 19.8 Å². The number of piperidine rings is 1. The zero-order valence-electron chi connectivity index (χ0n) is 18.6. The lowest BCUT2D eigenvalue weighted by atomic mass is 9.82. The molecule has 6 heteroatoms. The molecule has 3 aromatic rings. The molecule has 162 valence electrons. The average Bonchev–Trinajstić information content (AvgIpc) is 3.05. The molecule has 2 aliphatic heterocycles. The van der Waals surface area contributed by atoms with Crippen molar-refractivity contribution < 1.29 is 9.21 Å². The van der Waals surface area contributed by atoms with Gasteiger partial charge >= 0.3 is 0 Å².